The molecule has 0 aliphatic carbocycles. The molecule has 0 amide bonds. The van der Waals surface area contributed by atoms with E-state index >= 15 is 0 Å². The second-order valence-corrected chi connectivity index (χ2v) is 4.51. The summed E-state index contributed by atoms with van der Waals surface area (Å²) >= 11 is 0. The van der Waals surface area contributed by atoms with E-state index in [0.29, 0.717) is 0 Å². The fraction of sp³-hybridized carbons (Fsp3) is 0.727. The van der Waals surface area contributed by atoms with Gasteiger partial charge in [0.2, 0.25) is 0 Å². The predicted octanol–water partition coefficient (Wildman–Crippen LogP) is 2.50. The number of hydrogen-bond donors (Lipinski definition) is 1. The van der Waals surface area contributed by atoms with Crippen LogP contribution in [0.25, 0.3) is 0 Å². The largest absolute Gasteiger partial charge is 0.388 e. The topological polar surface area (TPSA) is 44.0 Å². The molecule has 0 radical (unpaired) electrons. The lowest BCUT2D eigenvalue weighted by atomic mass is 9.86. The van der Waals surface area contributed by atoms with Gasteiger partial charge in [0, 0.05) is 0 Å². The zero-order chi connectivity index (χ0) is 10.6. The first-order valence-corrected chi connectivity index (χ1v) is 4.55. The monoisotopic (exact) mass is 181 g/mol. The molecule has 74 valence electrons. The van der Waals surface area contributed by atoms with E-state index in [1.54, 1.807) is 13.0 Å². The Balaban J connectivity index is 4.50. The van der Waals surface area contributed by atoms with Crippen molar-refractivity contribution in [2.45, 2.75) is 40.7 Å². The number of hydrogen-bond acceptors (Lipinski definition) is 2. The van der Waals surface area contributed by atoms with E-state index < -0.39 is 6.10 Å². The summed E-state index contributed by atoms with van der Waals surface area (Å²) in [7, 11) is 0. The van der Waals surface area contributed by atoms with Crippen LogP contribution < -0.4 is 0 Å². The third-order valence-electron chi connectivity index (χ3n) is 2.32. The van der Waals surface area contributed by atoms with Crippen LogP contribution in [0, 0.1) is 22.7 Å². The molecule has 0 saturated carbocycles. The van der Waals surface area contributed by atoms with Crippen LogP contribution in [0.15, 0.2) is 11.6 Å². The molecule has 1 N–H and O–H groups in total. The summed E-state index contributed by atoms with van der Waals surface area (Å²) in [6.07, 6.45) is 1.12. The molecule has 2 heteroatoms. The molecule has 0 aromatic rings. The minimum absolute atomic E-state index is 0.0656. The molecule has 0 saturated heterocycles. The van der Waals surface area contributed by atoms with Crippen LogP contribution in [0.1, 0.15) is 34.6 Å². The Morgan fingerprint density at radius 3 is 2.23 bits per heavy atom. The maximum Gasteiger partial charge on any atom is 0.0879 e. The van der Waals surface area contributed by atoms with Crippen molar-refractivity contribution in [3.63, 3.8) is 0 Å². The first-order chi connectivity index (χ1) is 5.79. The molecule has 0 aromatic carbocycles. The van der Waals surface area contributed by atoms with Gasteiger partial charge in [-0.25, -0.2) is 0 Å². The van der Waals surface area contributed by atoms with E-state index in [1.807, 2.05) is 13.0 Å². The average Bonchev–Trinajstić information content (AvgIpc) is 2.01. The predicted molar refractivity (Wildman–Crippen MR) is 54.0 cm³/mol. The highest BCUT2D eigenvalue weighted by Crippen LogP contribution is 2.25. The van der Waals surface area contributed by atoms with Crippen molar-refractivity contribution < 1.29 is 5.11 Å². The van der Waals surface area contributed by atoms with Gasteiger partial charge in [0.05, 0.1) is 18.1 Å². The highest BCUT2D eigenvalue weighted by Gasteiger charge is 2.16. The van der Waals surface area contributed by atoms with Gasteiger partial charge in [-0.3, -0.25) is 0 Å². The van der Waals surface area contributed by atoms with Crippen molar-refractivity contribution in [1.82, 2.24) is 0 Å². The third-order valence-corrected chi connectivity index (χ3v) is 2.32. The molecule has 0 aromatic heterocycles. The lowest BCUT2D eigenvalue weighted by Gasteiger charge is -2.21. The number of nitrogens with zero attached hydrogens (tertiary/aromatic N) is 1. The number of aliphatic hydroxyl groups is 1. The van der Waals surface area contributed by atoms with Crippen molar-refractivity contribution in [2.24, 2.45) is 11.3 Å². The minimum atomic E-state index is -0.649. The first-order valence-electron chi connectivity index (χ1n) is 4.55. The van der Waals surface area contributed by atoms with E-state index in [4.69, 9.17) is 5.26 Å². The molecule has 2 atom stereocenters. The minimum Gasteiger partial charge on any atom is -0.388 e. The first kappa shape index (κ1) is 12.2. The molecule has 0 bridgehead atoms. The van der Waals surface area contributed by atoms with E-state index in [2.05, 4.69) is 20.8 Å². The maximum atomic E-state index is 9.55. The zero-order valence-corrected chi connectivity index (χ0v) is 9.13. The molecule has 2 unspecified atom stereocenters. The van der Waals surface area contributed by atoms with Crippen molar-refractivity contribution in [1.29, 1.82) is 5.26 Å². The lowest BCUT2D eigenvalue weighted by molar-refractivity contribution is 0.186. The second kappa shape index (κ2) is 4.43. The summed E-state index contributed by atoms with van der Waals surface area (Å²) in [4.78, 5) is 0. The summed E-state index contributed by atoms with van der Waals surface area (Å²) in [5.74, 6) is -0.336. The standard InChI is InChI=1S/C11H19NO/c1-8(7-12)10(13)6-9(2)11(3,4)5/h6,8,10,13H,1-5H3/b9-6+. The van der Waals surface area contributed by atoms with Crippen molar-refractivity contribution in [3.8, 4) is 6.07 Å². The molecule has 0 fully saturated rings. The van der Waals surface area contributed by atoms with Gasteiger partial charge >= 0.3 is 0 Å². The summed E-state index contributed by atoms with van der Waals surface area (Å²) in [6.45, 7) is 9.96. The fourth-order valence-electron chi connectivity index (χ4n) is 0.727. The molecule has 0 heterocycles. The van der Waals surface area contributed by atoms with Gasteiger partial charge in [0.1, 0.15) is 0 Å². The Kier molecular flexibility index (Phi) is 4.16. The van der Waals surface area contributed by atoms with Gasteiger partial charge in [-0.2, -0.15) is 5.26 Å². The Morgan fingerprint density at radius 1 is 1.46 bits per heavy atom. The van der Waals surface area contributed by atoms with E-state index in [-0.39, 0.29) is 11.3 Å². The van der Waals surface area contributed by atoms with E-state index in [9.17, 15) is 5.11 Å². The Labute approximate surface area is 80.9 Å². The molecule has 13 heavy (non-hydrogen) atoms. The van der Waals surface area contributed by atoms with Crippen LogP contribution in [-0.2, 0) is 0 Å². The highest BCUT2D eigenvalue weighted by molar-refractivity contribution is 5.12. The SMILES string of the molecule is C/C(=C\C(O)C(C)C#N)C(C)(C)C. The van der Waals surface area contributed by atoms with Gasteiger partial charge in [-0.05, 0) is 19.3 Å². The quantitative estimate of drug-likeness (QED) is 0.665. The normalized spacial score (nSPS) is 17.8. The molecular formula is C11H19NO. The van der Waals surface area contributed by atoms with Crippen LogP contribution in [0.4, 0.5) is 0 Å². The van der Waals surface area contributed by atoms with Gasteiger partial charge in [0.15, 0.2) is 0 Å². The summed E-state index contributed by atoms with van der Waals surface area (Å²) < 4.78 is 0. The van der Waals surface area contributed by atoms with Crippen LogP contribution in [0.3, 0.4) is 0 Å². The van der Waals surface area contributed by atoms with Crippen LogP contribution >= 0.6 is 0 Å². The number of rotatable bonds is 2. The number of nitriles is 1. The highest BCUT2D eigenvalue weighted by atomic mass is 16.3. The molecule has 0 rings (SSSR count). The number of aliphatic hydroxyl groups excluding tert-OH is 1. The van der Waals surface area contributed by atoms with Gasteiger partial charge in [0.25, 0.3) is 0 Å². The Hall–Kier alpha value is -0.810. The molecule has 2 nitrogen and oxygen atoms in total. The van der Waals surface area contributed by atoms with Crippen LogP contribution in [0.5, 0.6) is 0 Å². The average molecular weight is 181 g/mol. The van der Waals surface area contributed by atoms with E-state index in [1.165, 1.54) is 0 Å². The van der Waals surface area contributed by atoms with Crippen LogP contribution in [0.2, 0.25) is 0 Å². The maximum absolute atomic E-state index is 9.55. The molecule has 0 spiro atoms. The smallest absolute Gasteiger partial charge is 0.0879 e. The molecule has 0 aliphatic rings. The molecule has 0 aliphatic heterocycles. The van der Waals surface area contributed by atoms with Crippen molar-refractivity contribution in [3.05, 3.63) is 11.6 Å². The summed E-state index contributed by atoms with van der Waals surface area (Å²) in [6, 6.07) is 2.03. The lowest BCUT2D eigenvalue weighted by Crippen LogP contribution is -2.16. The molecular weight excluding hydrogens is 162 g/mol. The Morgan fingerprint density at radius 2 is 1.92 bits per heavy atom. The van der Waals surface area contributed by atoms with Crippen LogP contribution in [-0.4, -0.2) is 11.2 Å². The van der Waals surface area contributed by atoms with Gasteiger partial charge in [-0.15, -0.1) is 0 Å². The second-order valence-electron chi connectivity index (χ2n) is 4.51. The Bertz CT molecular complexity index is 229. The van der Waals surface area contributed by atoms with Gasteiger partial charge in [-0.1, -0.05) is 32.4 Å². The number of allylic oxidation sites excluding steroid dienone is 1. The zero-order valence-electron chi connectivity index (χ0n) is 9.13. The van der Waals surface area contributed by atoms with Gasteiger partial charge < -0.3 is 5.11 Å². The fourth-order valence-corrected chi connectivity index (χ4v) is 0.727. The summed E-state index contributed by atoms with van der Waals surface area (Å²) in [5, 5.41) is 18.1. The third kappa shape index (κ3) is 4.10. The summed E-state index contributed by atoms with van der Waals surface area (Å²) in [5.41, 5.74) is 1.18. The van der Waals surface area contributed by atoms with Crippen molar-refractivity contribution in [2.75, 3.05) is 0 Å². The van der Waals surface area contributed by atoms with Crippen molar-refractivity contribution >= 4 is 0 Å². The van der Waals surface area contributed by atoms with E-state index in [0.717, 1.165) is 5.57 Å².